The van der Waals surface area contributed by atoms with Crippen LogP contribution >= 0.6 is 11.3 Å². The number of urea groups is 1. The number of phenols is 1. The minimum absolute atomic E-state index is 0.0102. The lowest BCUT2D eigenvalue weighted by Gasteiger charge is -2.31. The van der Waals surface area contributed by atoms with E-state index in [4.69, 9.17) is 4.74 Å². The lowest BCUT2D eigenvalue weighted by Crippen LogP contribution is -2.42. The summed E-state index contributed by atoms with van der Waals surface area (Å²) in [4.78, 5) is 23.4. The molecule has 0 saturated carbocycles. The molecule has 8 nitrogen and oxygen atoms in total. The highest BCUT2D eigenvalue weighted by molar-refractivity contribution is 7.08. The molecule has 1 aliphatic heterocycles. The number of nitrogens with zero attached hydrogens (tertiary/aromatic N) is 1. The van der Waals surface area contributed by atoms with Crippen molar-refractivity contribution >= 4 is 34.3 Å². The van der Waals surface area contributed by atoms with Crippen LogP contribution in [0.5, 0.6) is 11.5 Å². The van der Waals surface area contributed by atoms with Crippen LogP contribution in [0.2, 0.25) is 0 Å². The Morgan fingerprint density at radius 1 is 1.19 bits per heavy atom. The van der Waals surface area contributed by atoms with Gasteiger partial charge in [0.15, 0.2) is 5.75 Å². The zero-order valence-corrected chi connectivity index (χ0v) is 17.3. The van der Waals surface area contributed by atoms with Gasteiger partial charge in [0, 0.05) is 22.6 Å². The van der Waals surface area contributed by atoms with Crippen molar-refractivity contribution < 1.29 is 19.6 Å². The number of hydrogen-bond donors (Lipinski definition) is 3. The maximum atomic E-state index is 12.6. The van der Waals surface area contributed by atoms with Crippen molar-refractivity contribution in [1.82, 2.24) is 10.6 Å². The molecular weight excluding hydrogens is 418 g/mol. The van der Waals surface area contributed by atoms with Crippen molar-refractivity contribution in [2.24, 2.45) is 0 Å². The Kier molecular flexibility index (Phi) is 5.59. The summed E-state index contributed by atoms with van der Waals surface area (Å²) in [6, 6.07) is 13.0. The third-order valence-corrected chi connectivity index (χ3v) is 5.56. The van der Waals surface area contributed by atoms with Gasteiger partial charge in [-0.2, -0.15) is 11.3 Å². The highest BCUT2D eigenvalue weighted by Crippen LogP contribution is 2.44. The maximum Gasteiger partial charge on any atom is 0.320 e. The van der Waals surface area contributed by atoms with Gasteiger partial charge < -0.3 is 20.5 Å². The molecule has 0 aliphatic carbocycles. The molecule has 0 fully saturated rings. The smallest absolute Gasteiger partial charge is 0.320 e. The Balaban J connectivity index is 1.97. The summed E-state index contributed by atoms with van der Waals surface area (Å²) in [5.74, 6) is -0.553. The van der Waals surface area contributed by atoms with E-state index >= 15 is 0 Å². The predicted molar refractivity (Wildman–Crippen MR) is 118 cm³/mol. The molecule has 3 aromatic rings. The Morgan fingerprint density at radius 3 is 2.61 bits per heavy atom. The van der Waals surface area contributed by atoms with Crippen LogP contribution in [0.4, 0.5) is 10.5 Å². The van der Waals surface area contributed by atoms with Crippen LogP contribution in [0.25, 0.3) is 11.3 Å². The molecule has 1 aliphatic rings. The third kappa shape index (κ3) is 3.95. The first-order valence-electron chi connectivity index (χ1n) is 9.53. The van der Waals surface area contributed by atoms with Crippen molar-refractivity contribution in [3.63, 3.8) is 0 Å². The molecular formula is C22H19N3O5S. The number of carbonyl (C=O) groups is 1. The number of amides is 2. The van der Waals surface area contributed by atoms with E-state index in [1.165, 1.54) is 23.5 Å². The summed E-state index contributed by atoms with van der Waals surface area (Å²) in [6.45, 7) is 1.93. The molecule has 1 atom stereocenters. The monoisotopic (exact) mass is 437 g/mol. The summed E-state index contributed by atoms with van der Waals surface area (Å²) in [5.41, 5.74) is 2.99. The number of benzene rings is 2. The van der Waals surface area contributed by atoms with Gasteiger partial charge in [-0.15, -0.1) is 0 Å². The van der Waals surface area contributed by atoms with E-state index in [1.807, 2.05) is 47.2 Å². The maximum absolute atomic E-state index is 12.6. The molecule has 1 unspecified atom stereocenters. The molecule has 2 heterocycles. The highest BCUT2D eigenvalue weighted by Gasteiger charge is 2.33. The number of aromatic hydroxyl groups is 1. The van der Waals surface area contributed by atoms with E-state index in [0.29, 0.717) is 11.3 Å². The van der Waals surface area contributed by atoms with Gasteiger partial charge in [0.1, 0.15) is 0 Å². The molecule has 0 spiro atoms. The summed E-state index contributed by atoms with van der Waals surface area (Å²) >= 11 is 1.50. The molecule has 1 aromatic heterocycles. The molecule has 2 amide bonds. The Bertz CT molecular complexity index is 1160. The number of nitro benzene ring substituents is 1. The molecule has 31 heavy (non-hydrogen) atoms. The largest absolute Gasteiger partial charge is 0.500 e. The first-order valence-corrected chi connectivity index (χ1v) is 10.5. The average Bonchev–Trinajstić information content (AvgIpc) is 3.30. The second-order valence-corrected chi connectivity index (χ2v) is 7.56. The van der Waals surface area contributed by atoms with Gasteiger partial charge in [0.25, 0.3) is 0 Å². The molecule has 0 radical (unpaired) electrons. The lowest BCUT2D eigenvalue weighted by molar-refractivity contribution is -0.386. The Labute approximate surface area is 182 Å². The number of hydrogen-bond acceptors (Lipinski definition) is 6. The number of phenolic OH excluding ortho intramolecular Hbond substituents is 1. The number of nitro groups is 1. The van der Waals surface area contributed by atoms with Crippen LogP contribution < -0.4 is 15.4 Å². The van der Waals surface area contributed by atoms with Crippen LogP contribution in [-0.2, 0) is 0 Å². The van der Waals surface area contributed by atoms with E-state index in [1.54, 1.807) is 6.92 Å². The number of nitrogens with one attached hydrogen (secondary N) is 2. The summed E-state index contributed by atoms with van der Waals surface area (Å²) in [6.07, 6.45) is 0. The van der Waals surface area contributed by atoms with Crippen molar-refractivity contribution in [1.29, 1.82) is 0 Å². The van der Waals surface area contributed by atoms with Gasteiger partial charge in [-0.3, -0.25) is 10.1 Å². The molecule has 4 rings (SSSR count). The minimum atomic E-state index is -0.704. The second-order valence-electron chi connectivity index (χ2n) is 6.78. The van der Waals surface area contributed by atoms with Gasteiger partial charge >= 0.3 is 11.7 Å². The molecule has 2 aromatic carbocycles. The van der Waals surface area contributed by atoms with E-state index in [2.05, 4.69) is 10.6 Å². The van der Waals surface area contributed by atoms with Gasteiger partial charge in [-0.05, 0) is 35.6 Å². The summed E-state index contributed by atoms with van der Waals surface area (Å²) in [5, 5.41) is 31.4. The zero-order valence-electron chi connectivity index (χ0n) is 16.5. The fourth-order valence-corrected chi connectivity index (χ4v) is 4.21. The topological polar surface area (TPSA) is 114 Å². The molecule has 158 valence electrons. The normalized spacial score (nSPS) is 15.9. The number of carbonyl (C=O) groups excluding carboxylic acids is 1. The predicted octanol–water partition coefficient (Wildman–Crippen LogP) is 4.68. The van der Waals surface area contributed by atoms with Crippen LogP contribution in [-0.4, -0.2) is 22.7 Å². The summed E-state index contributed by atoms with van der Waals surface area (Å²) in [7, 11) is 0. The standard InChI is InChI=1S/C22H19N3O5S/c1-2-30-17-11-15(10-16(21(17)26)25(28)29)20-18(13-6-4-3-5-7-13)19(23-22(27)24-20)14-8-9-31-12-14/h3-12,20,26H,2H2,1H3,(H2,23,24,27). The van der Waals surface area contributed by atoms with E-state index in [0.717, 1.165) is 16.7 Å². The second kappa shape index (κ2) is 8.49. The van der Waals surface area contributed by atoms with E-state index < -0.39 is 28.4 Å². The number of thiophene rings is 1. The SMILES string of the molecule is CCOc1cc(C2NC(=O)NC(c3ccsc3)=C2c2ccccc2)cc([N+](=O)[O-])c1O. The minimum Gasteiger partial charge on any atom is -0.500 e. The first kappa shape index (κ1) is 20.4. The third-order valence-electron chi connectivity index (χ3n) is 4.87. The number of rotatable bonds is 6. The van der Waals surface area contributed by atoms with Crippen molar-refractivity contribution in [2.45, 2.75) is 13.0 Å². The van der Waals surface area contributed by atoms with Crippen LogP contribution in [0, 0.1) is 10.1 Å². The molecule has 0 bridgehead atoms. The van der Waals surface area contributed by atoms with Crippen molar-refractivity contribution in [2.75, 3.05) is 6.61 Å². The van der Waals surface area contributed by atoms with E-state index in [9.17, 15) is 20.0 Å². The highest BCUT2D eigenvalue weighted by atomic mass is 32.1. The lowest BCUT2D eigenvalue weighted by atomic mass is 9.88. The van der Waals surface area contributed by atoms with Gasteiger partial charge in [-0.25, -0.2) is 4.79 Å². The fourth-order valence-electron chi connectivity index (χ4n) is 3.56. The van der Waals surface area contributed by atoms with Crippen LogP contribution in [0.3, 0.4) is 0 Å². The quantitative estimate of drug-likeness (QED) is 0.383. The number of ether oxygens (including phenoxy) is 1. The molecule has 3 N–H and O–H groups in total. The average molecular weight is 437 g/mol. The van der Waals surface area contributed by atoms with Gasteiger partial charge in [0.2, 0.25) is 5.75 Å². The Morgan fingerprint density at radius 2 is 1.97 bits per heavy atom. The zero-order chi connectivity index (χ0) is 22.0. The van der Waals surface area contributed by atoms with Crippen molar-refractivity contribution in [3.8, 4) is 11.5 Å². The van der Waals surface area contributed by atoms with Gasteiger partial charge in [0.05, 0.1) is 23.3 Å². The van der Waals surface area contributed by atoms with E-state index in [-0.39, 0.29) is 12.4 Å². The Hall–Kier alpha value is -3.85. The van der Waals surface area contributed by atoms with Crippen LogP contribution in [0.1, 0.15) is 29.7 Å². The van der Waals surface area contributed by atoms with Crippen molar-refractivity contribution in [3.05, 3.63) is 86.1 Å². The summed E-state index contributed by atoms with van der Waals surface area (Å²) < 4.78 is 5.43. The first-order chi connectivity index (χ1) is 15.0. The molecule has 0 saturated heterocycles. The van der Waals surface area contributed by atoms with Crippen LogP contribution in [0.15, 0.2) is 59.3 Å². The molecule has 9 heteroatoms. The fraction of sp³-hybridized carbons (Fsp3) is 0.136. The van der Waals surface area contributed by atoms with Gasteiger partial charge in [-0.1, -0.05) is 30.3 Å².